The third kappa shape index (κ3) is 3.08. The minimum atomic E-state index is -1.21. The zero-order valence-electron chi connectivity index (χ0n) is 11.7. The van der Waals surface area contributed by atoms with Gasteiger partial charge in [0.2, 0.25) is 0 Å². The smallest absolute Gasteiger partial charge is 0.181 e. The predicted octanol–water partition coefficient (Wildman–Crippen LogP) is 1.84. The highest BCUT2D eigenvalue weighted by Gasteiger charge is 2.41. The molecule has 0 radical (unpaired) electrons. The van der Waals surface area contributed by atoms with Gasteiger partial charge in [-0.05, 0) is 25.1 Å². The van der Waals surface area contributed by atoms with E-state index in [1.54, 1.807) is 0 Å². The van der Waals surface area contributed by atoms with Crippen LogP contribution in [0.15, 0.2) is 18.2 Å². The van der Waals surface area contributed by atoms with Gasteiger partial charge in [-0.3, -0.25) is 4.90 Å². The number of halogens is 2. The number of aliphatic hydroxyl groups is 1. The Morgan fingerprint density at radius 1 is 1.24 bits per heavy atom. The molecule has 0 aromatic heterocycles. The molecule has 0 amide bonds. The van der Waals surface area contributed by atoms with Crippen LogP contribution in [0, 0.1) is 11.6 Å². The maximum absolute atomic E-state index is 13.7. The summed E-state index contributed by atoms with van der Waals surface area (Å²) in [5.41, 5.74) is -0.273. The summed E-state index contributed by atoms with van der Waals surface area (Å²) >= 11 is 0. The second kappa shape index (κ2) is 5.96. The van der Waals surface area contributed by atoms with Crippen molar-refractivity contribution in [3.8, 4) is 0 Å². The Morgan fingerprint density at radius 3 is 2.57 bits per heavy atom. The Hall–Kier alpha value is -1.08. The van der Waals surface area contributed by atoms with Crippen molar-refractivity contribution in [3.05, 3.63) is 35.4 Å². The molecular weight excluding hydrogens is 280 g/mol. The molecule has 0 bridgehead atoms. The van der Waals surface area contributed by atoms with Crippen LogP contribution in [0.5, 0.6) is 0 Å². The quantitative estimate of drug-likeness (QED) is 0.925. The zero-order valence-corrected chi connectivity index (χ0v) is 11.7. The summed E-state index contributed by atoms with van der Waals surface area (Å²) in [6.45, 7) is 2.56. The first-order valence-corrected chi connectivity index (χ1v) is 7.22. The highest BCUT2D eigenvalue weighted by atomic mass is 19.1. The van der Waals surface area contributed by atoms with E-state index in [2.05, 4.69) is 0 Å². The fourth-order valence-electron chi connectivity index (χ4n) is 3.12. The predicted molar refractivity (Wildman–Crippen MR) is 71.6 cm³/mol. The van der Waals surface area contributed by atoms with Gasteiger partial charge >= 0.3 is 0 Å². The fraction of sp³-hybridized carbons (Fsp3) is 0.600. The second-order valence-electron chi connectivity index (χ2n) is 5.60. The SMILES string of the molecule is OC(CN1CCCC2(C1)OCCO2)c1c(F)cccc1F. The van der Waals surface area contributed by atoms with Gasteiger partial charge < -0.3 is 14.6 Å². The van der Waals surface area contributed by atoms with Crippen LogP contribution in [0.4, 0.5) is 8.78 Å². The molecule has 6 heteroatoms. The van der Waals surface area contributed by atoms with Crippen molar-refractivity contribution in [2.45, 2.75) is 24.7 Å². The average molecular weight is 299 g/mol. The molecule has 4 nitrogen and oxygen atoms in total. The molecule has 116 valence electrons. The maximum atomic E-state index is 13.7. The summed E-state index contributed by atoms with van der Waals surface area (Å²) < 4.78 is 38.7. The van der Waals surface area contributed by atoms with Gasteiger partial charge in [-0.15, -0.1) is 0 Å². The molecule has 1 aromatic rings. The van der Waals surface area contributed by atoms with Crippen LogP contribution in [-0.4, -0.2) is 48.6 Å². The second-order valence-corrected chi connectivity index (χ2v) is 5.60. The monoisotopic (exact) mass is 299 g/mol. The zero-order chi connectivity index (χ0) is 14.9. The summed E-state index contributed by atoms with van der Waals surface area (Å²) in [6, 6.07) is 3.60. The van der Waals surface area contributed by atoms with E-state index in [9.17, 15) is 13.9 Å². The number of hydrogen-bond donors (Lipinski definition) is 1. The molecule has 1 spiro atoms. The Labute approximate surface area is 122 Å². The topological polar surface area (TPSA) is 41.9 Å². The first-order chi connectivity index (χ1) is 10.1. The Balaban J connectivity index is 1.68. The number of ether oxygens (including phenoxy) is 2. The number of likely N-dealkylation sites (tertiary alicyclic amines) is 1. The number of β-amino-alcohol motifs (C(OH)–C–C–N with tert-alkyl or cyclic N) is 1. The van der Waals surface area contributed by atoms with E-state index in [4.69, 9.17) is 9.47 Å². The van der Waals surface area contributed by atoms with E-state index in [0.29, 0.717) is 19.8 Å². The van der Waals surface area contributed by atoms with Gasteiger partial charge in [0.25, 0.3) is 0 Å². The molecule has 2 aliphatic heterocycles. The lowest BCUT2D eigenvalue weighted by Crippen LogP contribution is -2.50. The highest BCUT2D eigenvalue weighted by molar-refractivity contribution is 5.22. The van der Waals surface area contributed by atoms with Gasteiger partial charge in [0.1, 0.15) is 11.6 Å². The number of benzene rings is 1. The Morgan fingerprint density at radius 2 is 1.90 bits per heavy atom. The largest absolute Gasteiger partial charge is 0.387 e. The van der Waals surface area contributed by atoms with Crippen molar-refractivity contribution in [2.24, 2.45) is 0 Å². The first kappa shape index (κ1) is 14.8. The lowest BCUT2D eigenvalue weighted by Gasteiger charge is -2.39. The average Bonchev–Trinajstić information content (AvgIpc) is 2.86. The van der Waals surface area contributed by atoms with Crippen molar-refractivity contribution in [3.63, 3.8) is 0 Å². The first-order valence-electron chi connectivity index (χ1n) is 7.22. The summed E-state index contributed by atoms with van der Waals surface area (Å²) in [6.07, 6.45) is 0.475. The van der Waals surface area contributed by atoms with Gasteiger partial charge in [-0.1, -0.05) is 6.07 Å². The van der Waals surface area contributed by atoms with Gasteiger partial charge in [0.15, 0.2) is 5.79 Å². The molecular formula is C15H19F2NO3. The van der Waals surface area contributed by atoms with E-state index in [-0.39, 0.29) is 12.1 Å². The summed E-state index contributed by atoms with van der Waals surface area (Å²) in [5.74, 6) is -2.05. The minimum absolute atomic E-state index is 0.159. The minimum Gasteiger partial charge on any atom is -0.387 e. The Kier molecular flexibility index (Phi) is 4.21. The number of rotatable bonds is 3. The molecule has 0 saturated carbocycles. The van der Waals surface area contributed by atoms with Crippen LogP contribution in [-0.2, 0) is 9.47 Å². The third-order valence-corrected chi connectivity index (χ3v) is 4.07. The third-order valence-electron chi connectivity index (χ3n) is 4.07. The summed E-state index contributed by atoms with van der Waals surface area (Å²) in [7, 11) is 0. The van der Waals surface area contributed by atoms with Gasteiger partial charge in [-0.25, -0.2) is 8.78 Å². The van der Waals surface area contributed by atoms with Crippen LogP contribution >= 0.6 is 0 Å². The normalized spacial score (nSPS) is 23.6. The molecule has 0 aliphatic carbocycles. The number of nitrogens with zero attached hydrogens (tertiary/aromatic N) is 1. The molecule has 21 heavy (non-hydrogen) atoms. The van der Waals surface area contributed by atoms with E-state index < -0.39 is 23.5 Å². The lowest BCUT2D eigenvalue weighted by atomic mass is 10.0. The molecule has 1 unspecified atom stereocenters. The van der Waals surface area contributed by atoms with Crippen LogP contribution < -0.4 is 0 Å². The molecule has 1 N–H and O–H groups in total. The van der Waals surface area contributed by atoms with E-state index in [1.165, 1.54) is 6.07 Å². The molecule has 2 saturated heterocycles. The number of aliphatic hydroxyl groups excluding tert-OH is 1. The molecule has 3 rings (SSSR count). The van der Waals surface area contributed by atoms with Crippen LogP contribution in [0.2, 0.25) is 0 Å². The van der Waals surface area contributed by atoms with Crippen LogP contribution in [0.3, 0.4) is 0 Å². The molecule has 1 atom stereocenters. The van der Waals surface area contributed by atoms with Crippen molar-refractivity contribution >= 4 is 0 Å². The van der Waals surface area contributed by atoms with E-state index in [1.807, 2.05) is 4.90 Å². The van der Waals surface area contributed by atoms with Crippen LogP contribution in [0.1, 0.15) is 24.5 Å². The number of hydrogen-bond acceptors (Lipinski definition) is 4. The lowest BCUT2D eigenvalue weighted by molar-refractivity contribution is -0.191. The van der Waals surface area contributed by atoms with Gasteiger partial charge in [-0.2, -0.15) is 0 Å². The summed E-state index contributed by atoms with van der Waals surface area (Å²) in [5, 5.41) is 10.2. The standard InChI is InChI=1S/C15H19F2NO3/c16-11-3-1-4-12(17)14(11)13(19)9-18-6-2-5-15(10-18)20-7-8-21-15/h1,3-4,13,19H,2,5-10H2. The summed E-state index contributed by atoms with van der Waals surface area (Å²) in [4.78, 5) is 1.94. The van der Waals surface area contributed by atoms with Crippen molar-refractivity contribution < 1.29 is 23.4 Å². The molecule has 2 aliphatic rings. The number of piperidine rings is 1. The molecule has 2 fully saturated rings. The molecule has 1 aromatic carbocycles. The van der Waals surface area contributed by atoms with E-state index in [0.717, 1.165) is 31.5 Å². The molecule has 2 heterocycles. The fourth-order valence-corrected chi connectivity index (χ4v) is 3.12. The van der Waals surface area contributed by atoms with Crippen molar-refractivity contribution in [1.82, 2.24) is 4.90 Å². The maximum Gasteiger partial charge on any atom is 0.181 e. The highest BCUT2D eigenvalue weighted by Crippen LogP contribution is 2.31. The van der Waals surface area contributed by atoms with E-state index >= 15 is 0 Å². The van der Waals surface area contributed by atoms with Crippen molar-refractivity contribution in [2.75, 3.05) is 32.8 Å². The van der Waals surface area contributed by atoms with Gasteiger partial charge in [0, 0.05) is 13.0 Å². The van der Waals surface area contributed by atoms with Crippen LogP contribution in [0.25, 0.3) is 0 Å². The van der Waals surface area contributed by atoms with Crippen molar-refractivity contribution in [1.29, 1.82) is 0 Å². The van der Waals surface area contributed by atoms with Gasteiger partial charge in [0.05, 0.1) is 31.4 Å². The Bertz CT molecular complexity index is 485.